The van der Waals surface area contributed by atoms with Gasteiger partial charge in [0.2, 0.25) is 0 Å². The van der Waals surface area contributed by atoms with Gasteiger partial charge in [0.1, 0.15) is 27.9 Å². The lowest BCUT2D eigenvalue weighted by Crippen LogP contribution is -2.17. The lowest BCUT2D eigenvalue weighted by atomic mass is 10.3. The van der Waals surface area contributed by atoms with Crippen molar-refractivity contribution in [2.24, 2.45) is 0 Å². The SMILES string of the molecule is COc1ccc(OC(F)(F)F)cc1.COc1ccc(OC(F)(F)F)cc1S(=O)(=O)Cl.O=S(=O)(O)Cl. The lowest BCUT2D eigenvalue weighted by molar-refractivity contribution is -0.275. The Balaban J connectivity index is 0.000000567. The summed E-state index contributed by atoms with van der Waals surface area (Å²) in [5.41, 5.74) is 0. The summed E-state index contributed by atoms with van der Waals surface area (Å²) in [5, 5.41) is 0. The summed E-state index contributed by atoms with van der Waals surface area (Å²) in [6, 6.07) is 7.71. The zero-order valence-corrected chi connectivity index (χ0v) is 20.2. The minimum absolute atomic E-state index is 0.172. The molecule has 200 valence electrons. The minimum Gasteiger partial charge on any atom is -0.497 e. The number of halogens is 8. The van der Waals surface area contributed by atoms with E-state index < -0.39 is 41.8 Å². The van der Waals surface area contributed by atoms with Gasteiger partial charge in [-0.15, -0.1) is 26.3 Å². The summed E-state index contributed by atoms with van der Waals surface area (Å²) in [6.07, 6.45) is -9.56. The van der Waals surface area contributed by atoms with Crippen LogP contribution in [0.2, 0.25) is 0 Å². The van der Waals surface area contributed by atoms with Crippen molar-refractivity contribution in [3.05, 3.63) is 42.5 Å². The molecule has 0 aliphatic rings. The minimum atomic E-state index is -4.91. The molecule has 0 saturated carbocycles. The second kappa shape index (κ2) is 13.1. The van der Waals surface area contributed by atoms with Crippen LogP contribution in [0.3, 0.4) is 0 Å². The predicted octanol–water partition coefficient (Wildman–Crippen LogP) is 5.14. The van der Waals surface area contributed by atoms with Crippen molar-refractivity contribution in [2.75, 3.05) is 14.2 Å². The number of hydrogen-bond acceptors (Lipinski definition) is 8. The highest BCUT2D eigenvalue weighted by Gasteiger charge is 2.32. The highest BCUT2D eigenvalue weighted by molar-refractivity contribution is 8.13. The first-order valence-electron chi connectivity index (χ1n) is 8.10. The highest BCUT2D eigenvalue weighted by Crippen LogP contribution is 2.32. The summed E-state index contributed by atoms with van der Waals surface area (Å²) >= 11 is 0. The molecular formula is C16H14Cl2F6O9S2. The van der Waals surface area contributed by atoms with Gasteiger partial charge in [0.25, 0.3) is 9.05 Å². The Bertz CT molecular complexity index is 1150. The first-order chi connectivity index (χ1) is 15.6. The first-order valence-corrected chi connectivity index (χ1v) is 12.7. The average Bonchev–Trinajstić information content (AvgIpc) is 2.64. The van der Waals surface area contributed by atoms with Crippen LogP contribution in [0.25, 0.3) is 0 Å². The zero-order valence-electron chi connectivity index (χ0n) is 17.1. The number of methoxy groups -OCH3 is 2. The average molecular weight is 599 g/mol. The standard InChI is InChI=1S/C8H6ClF3O4S.C8H7F3O2.ClHO3S/c1-15-6-3-2-5(16-8(10,11)12)4-7(6)17(9,13)14;1-12-6-2-4-7(5-3-6)13-8(9,10)11;1-5(2,3)4/h2-4H,1H3;2-5H,1H3;(H,2,3,4). The normalized spacial score (nSPS) is 11.7. The van der Waals surface area contributed by atoms with Gasteiger partial charge in [0.05, 0.1) is 14.2 Å². The second-order valence-electron chi connectivity index (χ2n) is 5.43. The Kier molecular flexibility index (Phi) is 12.2. The van der Waals surface area contributed by atoms with Crippen LogP contribution in [-0.4, -0.2) is 48.3 Å². The van der Waals surface area contributed by atoms with Crippen LogP contribution < -0.4 is 18.9 Å². The van der Waals surface area contributed by atoms with Crippen molar-refractivity contribution in [1.82, 2.24) is 0 Å². The first kappa shape index (κ1) is 32.7. The summed E-state index contributed by atoms with van der Waals surface area (Å²) in [7, 11) is 3.27. The third-order valence-corrected chi connectivity index (χ3v) is 4.27. The van der Waals surface area contributed by atoms with Gasteiger partial charge < -0.3 is 18.9 Å². The molecule has 0 unspecified atom stereocenters. The van der Waals surface area contributed by atoms with Gasteiger partial charge in [0, 0.05) is 27.4 Å². The third-order valence-electron chi connectivity index (χ3n) is 2.92. The molecule has 0 bridgehead atoms. The smallest absolute Gasteiger partial charge is 0.497 e. The van der Waals surface area contributed by atoms with Crippen LogP contribution in [0.4, 0.5) is 26.3 Å². The van der Waals surface area contributed by atoms with Gasteiger partial charge >= 0.3 is 22.1 Å². The Morgan fingerprint density at radius 1 is 0.714 bits per heavy atom. The topological polar surface area (TPSA) is 125 Å². The van der Waals surface area contributed by atoms with Gasteiger partial charge in [-0.3, -0.25) is 4.55 Å². The van der Waals surface area contributed by atoms with Gasteiger partial charge in [-0.05, 0) is 36.4 Å². The molecule has 0 heterocycles. The molecule has 9 nitrogen and oxygen atoms in total. The molecule has 2 rings (SSSR count). The largest absolute Gasteiger partial charge is 0.573 e. The van der Waals surface area contributed by atoms with E-state index in [-0.39, 0.29) is 11.5 Å². The van der Waals surface area contributed by atoms with Crippen molar-refractivity contribution >= 4 is 39.7 Å². The number of ether oxygens (including phenoxy) is 4. The molecule has 0 aliphatic carbocycles. The Labute approximate surface area is 203 Å². The van der Waals surface area contributed by atoms with Crippen LogP contribution in [0.1, 0.15) is 0 Å². The van der Waals surface area contributed by atoms with E-state index in [0.29, 0.717) is 11.8 Å². The fourth-order valence-electron chi connectivity index (χ4n) is 1.82. The summed E-state index contributed by atoms with van der Waals surface area (Å²) in [6.45, 7) is 0. The molecule has 19 heteroatoms. The van der Waals surface area contributed by atoms with E-state index in [2.05, 4.69) is 24.9 Å². The molecular weight excluding hydrogens is 585 g/mol. The molecule has 0 amide bonds. The Morgan fingerprint density at radius 2 is 1.09 bits per heavy atom. The molecule has 2 aromatic rings. The molecule has 35 heavy (non-hydrogen) atoms. The zero-order chi connectivity index (χ0) is 27.7. The van der Waals surface area contributed by atoms with Gasteiger partial charge in [-0.1, -0.05) is 0 Å². The van der Waals surface area contributed by atoms with E-state index in [1.54, 1.807) is 0 Å². The van der Waals surface area contributed by atoms with Crippen molar-refractivity contribution in [1.29, 1.82) is 0 Å². The Morgan fingerprint density at radius 3 is 1.43 bits per heavy atom. The highest BCUT2D eigenvalue weighted by atomic mass is 35.7. The van der Waals surface area contributed by atoms with E-state index in [1.165, 1.54) is 31.4 Å². The van der Waals surface area contributed by atoms with Gasteiger partial charge in [0.15, 0.2) is 0 Å². The van der Waals surface area contributed by atoms with Crippen LogP contribution >= 0.6 is 21.4 Å². The number of rotatable bonds is 5. The fourth-order valence-corrected chi connectivity index (χ4v) is 2.83. The number of alkyl halides is 6. The fraction of sp³-hybridized carbons (Fsp3) is 0.250. The molecule has 0 fully saturated rings. The summed E-state index contributed by atoms with van der Waals surface area (Å²) in [5.74, 6) is -0.644. The van der Waals surface area contributed by atoms with E-state index in [9.17, 15) is 34.8 Å². The van der Waals surface area contributed by atoms with Crippen LogP contribution in [0.5, 0.6) is 23.0 Å². The summed E-state index contributed by atoms with van der Waals surface area (Å²) < 4.78 is 135. The maximum Gasteiger partial charge on any atom is 0.573 e. The monoisotopic (exact) mass is 598 g/mol. The molecule has 0 saturated heterocycles. The second-order valence-corrected chi connectivity index (χ2v) is 9.96. The van der Waals surface area contributed by atoms with Crippen molar-refractivity contribution in [3.63, 3.8) is 0 Å². The third kappa shape index (κ3) is 16.8. The number of hydrogen-bond donors (Lipinski definition) is 1. The van der Waals surface area contributed by atoms with Crippen molar-refractivity contribution in [2.45, 2.75) is 17.6 Å². The summed E-state index contributed by atoms with van der Waals surface area (Å²) in [4.78, 5) is -0.594. The number of benzene rings is 2. The van der Waals surface area contributed by atoms with Crippen molar-refractivity contribution in [3.8, 4) is 23.0 Å². The predicted molar refractivity (Wildman–Crippen MR) is 110 cm³/mol. The van der Waals surface area contributed by atoms with Crippen LogP contribution in [0.15, 0.2) is 47.4 Å². The maximum atomic E-state index is 11.9. The lowest BCUT2D eigenvalue weighted by Gasteiger charge is -2.11. The van der Waals surface area contributed by atoms with Gasteiger partial charge in [-0.2, -0.15) is 8.42 Å². The molecule has 0 spiro atoms. The maximum absolute atomic E-state index is 11.9. The van der Waals surface area contributed by atoms with Crippen molar-refractivity contribution < 1.29 is 66.7 Å². The van der Waals surface area contributed by atoms with E-state index in [1.807, 2.05) is 0 Å². The molecule has 0 aromatic heterocycles. The van der Waals surface area contributed by atoms with E-state index >= 15 is 0 Å². The molecule has 1 N–H and O–H groups in total. The van der Waals surface area contributed by atoms with Crippen LogP contribution in [-0.2, 0) is 18.4 Å². The quantitative estimate of drug-likeness (QED) is 0.283. The van der Waals surface area contributed by atoms with E-state index in [4.69, 9.17) is 28.4 Å². The van der Waals surface area contributed by atoms with Gasteiger partial charge in [-0.25, -0.2) is 8.42 Å². The molecule has 0 radical (unpaired) electrons. The Hall–Kier alpha value is -2.34. The van der Waals surface area contributed by atoms with E-state index in [0.717, 1.165) is 19.2 Å². The van der Waals surface area contributed by atoms with Crippen LogP contribution in [0, 0.1) is 0 Å². The molecule has 0 aliphatic heterocycles. The molecule has 2 aromatic carbocycles. The molecule has 0 atom stereocenters.